The summed E-state index contributed by atoms with van der Waals surface area (Å²) in [6.45, 7) is 2.17. The molecule has 0 fully saturated rings. The maximum atomic E-state index is 12.2. The zero-order valence-corrected chi connectivity index (χ0v) is 16.4. The molecule has 146 valence electrons. The standard InChI is InChI=1S/C20H21N3O4S/c1-15-3-9-18(10-4-15)28(24,25)21-13-14-27-20-12-11-19(22-23-20)16-5-7-17(26-2)8-6-16/h3-12,21H,13-14H2,1-2H3. The van der Waals surface area contributed by atoms with Crippen LogP contribution in [0.4, 0.5) is 0 Å². The molecule has 0 aliphatic rings. The van der Waals surface area contributed by atoms with E-state index in [0.717, 1.165) is 16.9 Å². The van der Waals surface area contributed by atoms with Crippen LogP contribution in [0, 0.1) is 6.92 Å². The van der Waals surface area contributed by atoms with Crippen LogP contribution < -0.4 is 14.2 Å². The Bertz CT molecular complexity index is 1000. The Hall–Kier alpha value is -2.97. The minimum atomic E-state index is -3.56. The van der Waals surface area contributed by atoms with Gasteiger partial charge in [-0.25, -0.2) is 13.1 Å². The Labute approximate surface area is 164 Å². The Kier molecular flexibility index (Phi) is 6.23. The summed E-state index contributed by atoms with van der Waals surface area (Å²) < 4.78 is 37.5. The number of rotatable bonds is 8. The molecule has 2 aromatic carbocycles. The van der Waals surface area contributed by atoms with Crippen LogP contribution >= 0.6 is 0 Å². The van der Waals surface area contributed by atoms with Gasteiger partial charge in [-0.3, -0.25) is 0 Å². The van der Waals surface area contributed by atoms with Crippen LogP contribution in [0.2, 0.25) is 0 Å². The molecule has 0 spiro atoms. The topological polar surface area (TPSA) is 90.4 Å². The molecule has 1 aromatic heterocycles. The minimum absolute atomic E-state index is 0.123. The summed E-state index contributed by atoms with van der Waals surface area (Å²) in [6, 6.07) is 17.6. The van der Waals surface area contributed by atoms with Gasteiger partial charge in [0.05, 0.1) is 17.7 Å². The van der Waals surface area contributed by atoms with Gasteiger partial charge in [0.25, 0.3) is 0 Å². The van der Waals surface area contributed by atoms with Crippen molar-refractivity contribution < 1.29 is 17.9 Å². The molecule has 0 aliphatic heterocycles. The monoisotopic (exact) mass is 399 g/mol. The molecule has 0 atom stereocenters. The fourth-order valence-corrected chi connectivity index (χ4v) is 3.46. The zero-order valence-electron chi connectivity index (χ0n) is 15.6. The summed E-state index contributed by atoms with van der Waals surface area (Å²) in [6.07, 6.45) is 0. The third kappa shape index (κ3) is 5.05. The van der Waals surface area contributed by atoms with E-state index < -0.39 is 10.0 Å². The van der Waals surface area contributed by atoms with Gasteiger partial charge in [-0.05, 0) is 49.4 Å². The summed E-state index contributed by atoms with van der Waals surface area (Å²) in [4.78, 5) is 0.224. The van der Waals surface area contributed by atoms with E-state index in [9.17, 15) is 8.42 Å². The first-order chi connectivity index (χ1) is 13.5. The molecule has 1 heterocycles. The highest BCUT2D eigenvalue weighted by atomic mass is 32.2. The van der Waals surface area contributed by atoms with Gasteiger partial charge in [-0.1, -0.05) is 17.7 Å². The first kappa shape index (κ1) is 19.8. The molecule has 1 N–H and O–H groups in total. The van der Waals surface area contributed by atoms with Crippen molar-refractivity contribution in [3.8, 4) is 22.9 Å². The highest BCUT2D eigenvalue weighted by Gasteiger charge is 2.12. The molecule has 0 saturated heterocycles. The van der Waals surface area contributed by atoms with Crippen molar-refractivity contribution >= 4 is 10.0 Å². The van der Waals surface area contributed by atoms with Crippen LogP contribution in [0.25, 0.3) is 11.3 Å². The van der Waals surface area contributed by atoms with E-state index in [-0.39, 0.29) is 18.0 Å². The lowest BCUT2D eigenvalue weighted by Crippen LogP contribution is -2.28. The second-order valence-electron chi connectivity index (χ2n) is 6.04. The minimum Gasteiger partial charge on any atom is -0.497 e. The largest absolute Gasteiger partial charge is 0.497 e. The van der Waals surface area contributed by atoms with Gasteiger partial charge < -0.3 is 9.47 Å². The fourth-order valence-electron chi connectivity index (χ4n) is 2.45. The van der Waals surface area contributed by atoms with Crippen LogP contribution in [0.1, 0.15) is 5.56 Å². The van der Waals surface area contributed by atoms with E-state index in [4.69, 9.17) is 9.47 Å². The molecule has 7 nitrogen and oxygen atoms in total. The van der Waals surface area contributed by atoms with E-state index in [1.54, 1.807) is 43.5 Å². The van der Waals surface area contributed by atoms with Gasteiger partial charge in [0.2, 0.25) is 15.9 Å². The van der Waals surface area contributed by atoms with E-state index in [0.29, 0.717) is 11.6 Å². The molecule has 0 bridgehead atoms. The summed E-state index contributed by atoms with van der Waals surface area (Å²) in [5.74, 6) is 1.09. The lowest BCUT2D eigenvalue weighted by Gasteiger charge is -2.08. The molecule has 0 aliphatic carbocycles. The predicted octanol–water partition coefficient (Wildman–Crippen LogP) is 2.82. The van der Waals surface area contributed by atoms with E-state index in [1.165, 1.54) is 0 Å². The number of ether oxygens (including phenoxy) is 2. The highest BCUT2D eigenvalue weighted by Crippen LogP contribution is 2.21. The number of sulfonamides is 1. The van der Waals surface area contributed by atoms with E-state index >= 15 is 0 Å². The van der Waals surface area contributed by atoms with Crippen molar-refractivity contribution in [3.05, 3.63) is 66.2 Å². The first-order valence-electron chi connectivity index (χ1n) is 8.65. The maximum absolute atomic E-state index is 12.2. The molecule has 8 heteroatoms. The predicted molar refractivity (Wildman–Crippen MR) is 106 cm³/mol. The Morgan fingerprint density at radius 2 is 1.64 bits per heavy atom. The molecule has 0 radical (unpaired) electrons. The zero-order chi connectivity index (χ0) is 20.0. The molecule has 0 amide bonds. The van der Waals surface area contributed by atoms with Crippen molar-refractivity contribution in [2.45, 2.75) is 11.8 Å². The quantitative estimate of drug-likeness (QED) is 0.586. The Balaban J connectivity index is 1.51. The summed E-state index contributed by atoms with van der Waals surface area (Å²) >= 11 is 0. The van der Waals surface area contributed by atoms with E-state index in [2.05, 4.69) is 14.9 Å². The highest BCUT2D eigenvalue weighted by molar-refractivity contribution is 7.89. The lowest BCUT2D eigenvalue weighted by atomic mass is 10.1. The number of nitrogens with one attached hydrogen (secondary N) is 1. The average Bonchev–Trinajstić information content (AvgIpc) is 2.72. The van der Waals surface area contributed by atoms with Gasteiger partial charge in [0.15, 0.2) is 0 Å². The molecule has 28 heavy (non-hydrogen) atoms. The lowest BCUT2D eigenvalue weighted by molar-refractivity contribution is 0.307. The van der Waals surface area contributed by atoms with Crippen LogP contribution in [0.5, 0.6) is 11.6 Å². The third-order valence-electron chi connectivity index (χ3n) is 4.00. The molecule has 0 saturated carbocycles. The Morgan fingerprint density at radius 1 is 0.929 bits per heavy atom. The van der Waals surface area contributed by atoms with Gasteiger partial charge in [0, 0.05) is 18.2 Å². The van der Waals surface area contributed by atoms with Crippen molar-refractivity contribution in [1.29, 1.82) is 0 Å². The molecule has 3 aromatic rings. The number of aryl methyl sites for hydroxylation is 1. The van der Waals surface area contributed by atoms with Crippen LogP contribution in [0.15, 0.2) is 65.6 Å². The second kappa shape index (κ2) is 8.81. The van der Waals surface area contributed by atoms with Crippen molar-refractivity contribution in [2.75, 3.05) is 20.3 Å². The summed E-state index contributed by atoms with van der Waals surface area (Å²) in [5.41, 5.74) is 2.61. The summed E-state index contributed by atoms with van der Waals surface area (Å²) in [7, 11) is -1.94. The first-order valence-corrected chi connectivity index (χ1v) is 10.1. The number of hydrogen-bond donors (Lipinski definition) is 1. The van der Waals surface area contributed by atoms with Crippen molar-refractivity contribution in [3.63, 3.8) is 0 Å². The molecule has 0 unspecified atom stereocenters. The number of aromatic nitrogens is 2. The normalized spacial score (nSPS) is 11.2. The third-order valence-corrected chi connectivity index (χ3v) is 5.48. The van der Waals surface area contributed by atoms with Crippen LogP contribution in [-0.4, -0.2) is 38.9 Å². The van der Waals surface area contributed by atoms with E-state index in [1.807, 2.05) is 31.2 Å². The van der Waals surface area contributed by atoms with Crippen molar-refractivity contribution in [1.82, 2.24) is 14.9 Å². The number of nitrogens with zero attached hydrogens (tertiary/aromatic N) is 2. The number of benzene rings is 2. The van der Waals surface area contributed by atoms with Crippen molar-refractivity contribution in [2.24, 2.45) is 0 Å². The van der Waals surface area contributed by atoms with Crippen LogP contribution in [0.3, 0.4) is 0 Å². The van der Waals surface area contributed by atoms with Gasteiger partial charge >= 0.3 is 0 Å². The smallest absolute Gasteiger partial charge is 0.240 e. The van der Waals surface area contributed by atoms with Gasteiger partial charge in [-0.15, -0.1) is 10.2 Å². The Morgan fingerprint density at radius 3 is 2.25 bits per heavy atom. The molecular formula is C20H21N3O4S. The summed E-state index contributed by atoms with van der Waals surface area (Å²) in [5, 5.41) is 8.15. The van der Waals surface area contributed by atoms with Gasteiger partial charge in [0.1, 0.15) is 12.4 Å². The maximum Gasteiger partial charge on any atom is 0.240 e. The van der Waals surface area contributed by atoms with Gasteiger partial charge in [-0.2, -0.15) is 0 Å². The second-order valence-corrected chi connectivity index (χ2v) is 7.81. The fraction of sp³-hybridized carbons (Fsp3) is 0.200. The molecular weight excluding hydrogens is 378 g/mol. The SMILES string of the molecule is COc1ccc(-c2ccc(OCCNS(=O)(=O)c3ccc(C)cc3)nn2)cc1. The average molecular weight is 399 g/mol. The van der Waals surface area contributed by atoms with Crippen LogP contribution in [-0.2, 0) is 10.0 Å². The number of hydrogen-bond acceptors (Lipinski definition) is 6. The number of methoxy groups -OCH3 is 1. The molecule has 3 rings (SSSR count).